The molecule has 0 radical (unpaired) electrons. The quantitative estimate of drug-likeness (QED) is 0.762. The molecule has 0 saturated heterocycles. The van der Waals surface area contributed by atoms with Crippen LogP contribution in [0.4, 0.5) is 0 Å². The number of pyridine rings is 1. The highest BCUT2D eigenvalue weighted by molar-refractivity contribution is 7.13. The number of aryl methyl sites for hydroxylation is 2. The SMILES string of the molecule is Cc1nn(C)c2nc(-c3cccs3)cc(C(=O)NC(C)(C)CO)c12. The summed E-state index contributed by atoms with van der Waals surface area (Å²) in [7, 11) is 1.82. The van der Waals surface area contributed by atoms with E-state index in [9.17, 15) is 9.90 Å². The summed E-state index contributed by atoms with van der Waals surface area (Å²) in [5.41, 5.74) is 1.99. The van der Waals surface area contributed by atoms with Crippen LogP contribution in [0.3, 0.4) is 0 Å². The lowest BCUT2D eigenvalue weighted by Gasteiger charge is -2.23. The zero-order valence-electron chi connectivity index (χ0n) is 14.1. The maximum absolute atomic E-state index is 12.8. The molecule has 3 rings (SSSR count). The van der Waals surface area contributed by atoms with Gasteiger partial charge >= 0.3 is 0 Å². The Morgan fingerprint density at radius 2 is 2.21 bits per heavy atom. The summed E-state index contributed by atoms with van der Waals surface area (Å²) >= 11 is 1.57. The number of amides is 1. The topological polar surface area (TPSA) is 80.0 Å². The second-order valence-corrected chi connectivity index (χ2v) is 7.38. The van der Waals surface area contributed by atoms with Crippen LogP contribution in [0.5, 0.6) is 0 Å². The van der Waals surface area contributed by atoms with Crippen LogP contribution in [0.15, 0.2) is 23.6 Å². The van der Waals surface area contributed by atoms with Crippen LogP contribution in [0.1, 0.15) is 29.9 Å². The molecule has 7 heteroatoms. The number of carbonyl (C=O) groups excluding carboxylic acids is 1. The molecule has 0 aromatic carbocycles. The van der Waals surface area contributed by atoms with Gasteiger partial charge in [0.2, 0.25) is 0 Å². The fraction of sp³-hybridized carbons (Fsp3) is 0.353. The molecule has 0 aliphatic carbocycles. The highest BCUT2D eigenvalue weighted by atomic mass is 32.1. The number of aliphatic hydroxyl groups is 1. The van der Waals surface area contributed by atoms with Crippen molar-refractivity contribution >= 4 is 28.3 Å². The summed E-state index contributed by atoms with van der Waals surface area (Å²) in [5.74, 6) is -0.240. The third-order valence-electron chi connectivity index (χ3n) is 3.83. The lowest BCUT2D eigenvalue weighted by Crippen LogP contribution is -2.46. The van der Waals surface area contributed by atoms with Crippen LogP contribution >= 0.6 is 11.3 Å². The number of hydrogen-bond donors (Lipinski definition) is 2. The molecule has 1 amide bonds. The smallest absolute Gasteiger partial charge is 0.252 e. The Hall–Kier alpha value is -2.25. The minimum atomic E-state index is -0.702. The van der Waals surface area contributed by atoms with Crippen molar-refractivity contribution < 1.29 is 9.90 Å². The molecule has 0 aliphatic heterocycles. The van der Waals surface area contributed by atoms with Crippen molar-refractivity contribution in [3.8, 4) is 10.6 Å². The van der Waals surface area contributed by atoms with Crippen molar-refractivity contribution in [2.75, 3.05) is 6.61 Å². The van der Waals surface area contributed by atoms with E-state index in [1.54, 1.807) is 35.9 Å². The molecule has 6 nitrogen and oxygen atoms in total. The molecule has 0 bridgehead atoms. The molecule has 3 aromatic rings. The number of nitrogens with one attached hydrogen (secondary N) is 1. The van der Waals surface area contributed by atoms with Crippen molar-refractivity contribution in [2.24, 2.45) is 7.05 Å². The van der Waals surface area contributed by atoms with E-state index in [-0.39, 0.29) is 12.5 Å². The second-order valence-electron chi connectivity index (χ2n) is 6.44. The summed E-state index contributed by atoms with van der Waals surface area (Å²) < 4.78 is 1.69. The van der Waals surface area contributed by atoms with Crippen molar-refractivity contribution in [3.63, 3.8) is 0 Å². The summed E-state index contributed by atoms with van der Waals surface area (Å²) in [5, 5.41) is 19.4. The number of thiophene rings is 1. The van der Waals surface area contributed by atoms with Gasteiger partial charge in [-0.15, -0.1) is 11.3 Å². The van der Waals surface area contributed by atoms with Gasteiger partial charge in [0.25, 0.3) is 5.91 Å². The van der Waals surface area contributed by atoms with Gasteiger partial charge in [0.15, 0.2) is 5.65 Å². The van der Waals surface area contributed by atoms with Crippen LogP contribution in [-0.2, 0) is 7.05 Å². The first-order chi connectivity index (χ1) is 11.3. The Kier molecular flexibility index (Phi) is 4.15. The minimum absolute atomic E-state index is 0.142. The number of nitrogens with zero attached hydrogens (tertiary/aromatic N) is 3. The predicted molar refractivity (Wildman–Crippen MR) is 95.2 cm³/mol. The minimum Gasteiger partial charge on any atom is -0.394 e. The van der Waals surface area contributed by atoms with Crippen molar-refractivity contribution in [2.45, 2.75) is 26.3 Å². The van der Waals surface area contributed by atoms with Gasteiger partial charge in [0, 0.05) is 7.05 Å². The fourth-order valence-corrected chi connectivity index (χ4v) is 3.27. The first-order valence-electron chi connectivity index (χ1n) is 7.64. The van der Waals surface area contributed by atoms with E-state index < -0.39 is 5.54 Å². The first-order valence-corrected chi connectivity index (χ1v) is 8.52. The molecule has 0 saturated carbocycles. The molecule has 0 atom stereocenters. The van der Waals surface area contributed by atoms with E-state index in [1.165, 1.54) is 0 Å². The highest BCUT2D eigenvalue weighted by Gasteiger charge is 2.24. The molecule has 3 aromatic heterocycles. The van der Waals surface area contributed by atoms with Crippen molar-refractivity contribution in [3.05, 3.63) is 34.8 Å². The Morgan fingerprint density at radius 1 is 1.46 bits per heavy atom. The first kappa shape index (κ1) is 16.6. The van der Waals surface area contributed by atoms with Crippen LogP contribution in [0, 0.1) is 6.92 Å². The molecule has 2 N–H and O–H groups in total. The second kappa shape index (κ2) is 5.99. The summed E-state index contributed by atoms with van der Waals surface area (Å²) in [4.78, 5) is 18.5. The van der Waals surface area contributed by atoms with Gasteiger partial charge in [-0.05, 0) is 38.3 Å². The van der Waals surface area contributed by atoms with Gasteiger partial charge in [-0.3, -0.25) is 9.48 Å². The van der Waals surface area contributed by atoms with Crippen LogP contribution in [-0.4, -0.2) is 37.9 Å². The molecule has 0 fully saturated rings. The van der Waals surface area contributed by atoms with Crippen LogP contribution in [0.2, 0.25) is 0 Å². The Morgan fingerprint density at radius 3 is 2.83 bits per heavy atom. The van der Waals surface area contributed by atoms with Crippen LogP contribution in [0.25, 0.3) is 21.6 Å². The number of aliphatic hydroxyl groups excluding tert-OH is 1. The molecule has 0 unspecified atom stereocenters. The normalized spacial score (nSPS) is 11.9. The highest BCUT2D eigenvalue weighted by Crippen LogP contribution is 2.29. The zero-order valence-corrected chi connectivity index (χ0v) is 14.9. The molecule has 0 aliphatic rings. The lowest BCUT2D eigenvalue weighted by molar-refractivity contribution is 0.0871. The molecule has 126 valence electrons. The summed E-state index contributed by atoms with van der Waals surface area (Å²) in [6.45, 7) is 5.28. The zero-order chi connectivity index (χ0) is 17.5. The largest absolute Gasteiger partial charge is 0.394 e. The maximum Gasteiger partial charge on any atom is 0.252 e. The van der Waals surface area contributed by atoms with Gasteiger partial charge in [-0.2, -0.15) is 5.10 Å². The van der Waals surface area contributed by atoms with E-state index in [0.29, 0.717) is 11.2 Å². The van der Waals surface area contributed by atoms with E-state index >= 15 is 0 Å². The molecular weight excluding hydrogens is 324 g/mol. The standard InChI is InChI=1S/C17H20N4O2S/c1-10-14-11(16(23)19-17(2,3)9-22)8-12(13-6-5-7-24-13)18-15(14)21(4)20-10/h5-8,22H,9H2,1-4H3,(H,19,23). The van der Waals surface area contributed by atoms with Gasteiger partial charge in [-0.25, -0.2) is 4.98 Å². The van der Waals surface area contributed by atoms with Gasteiger partial charge < -0.3 is 10.4 Å². The van der Waals surface area contributed by atoms with Crippen molar-refractivity contribution in [1.82, 2.24) is 20.1 Å². The predicted octanol–water partition coefficient (Wildman–Crippen LogP) is 2.51. The number of rotatable bonds is 4. The van der Waals surface area contributed by atoms with Gasteiger partial charge in [0.05, 0.1) is 39.4 Å². The third-order valence-corrected chi connectivity index (χ3v) is 4.73. The van der Waals surface area contributed by atoms with E-state index in [1.807, 2.05) is 31.5 Å². The number of carbonyl (C=O) groups is 1. The average Bonchev–Trinajstić information content (AvgIpc) is 3.15. The van der Waals surface area contributed by atoms with Crippen molar-refractivity contribution in [1.29, 1.82) is 0 Å². The molecule has 24 heavy (non-hydrogen) atoms. The average molecular weight is 344 g/mol. The molecule has 3 heterocycles. The maximum atomic E-state index is 12.8. The van der Waals surface area contributed by atoms with Gasteiger partial charge in [0.1, 0.15) is 0 Å². The number of aromatic nitrogens is 3. The molecular formula is C17H20N4O2S. The Balaban J connectivity index is 2.19. The van der Waals surface area contributed by atoms with Crippen LogP contribution < -0.4 is 5.32 Å². The Bertz CT molecular complexity index is 897. The molecule has 0 spiro atoms. The van der Waals surface area contributed by atoms with E-state index in [2.05, 4.69) is 15.4 Å². The fourth-order valence-electron chi connectivity index (χ4n) is 2.59. The summed E-state index contributed by atoms with van der Waals surface area (Å²) in [6.07, 6.45) is 0. The van der Waals surface area contributed by atoms with Gasteiger partial charge in [-0.1, -0.05) is 6.07 Å². The van der Waals surface area contributed by atoms with E-state index in [0.717, 1.165) is 21.7 Å². The monoisotopic (exact) mass is 344 g/mol. The number of fused-ring (bicyclic) bond motifs is 1. The third kappa shape index (κ3) is 2.92. The lowest BCUT2D eigenvalue weighted by atomic mass is 10.0. The summed E-state index contributed by atoms with van der Waals surface area (Å²) in [6, 6.07) is 5.72. The van der Waals surface area contributed by atoms with E-state index in [4.69, 9.17) is 0 Å². The number of hydrogen-bond acceptors (Lipinski definition) is 5. The Labute approximate surface area is 144 Å².